The second-order valence-electron chi connectivity index (χ2n) is 4.34. The minimum absolute atomic E-state index is 0.0979. The van der Waals surface area contributed by atoms with Crippen molar-refractivity contribution in [3.63, 3.8) is 0 Å². The van der Waals surface area contributed by atoms with Crippen LogP contribution in [0.2, 0.25) is 0 Å². The van der Waals surface area contributed by atoms with Crippen LogP contribution < -0.4 is 11.1 Å². The SMILES string of the molecule is Cn1cnnc1CNC(=O)C1(C(N)=S)CCC1. The number of hydrogen-bond acceptors (Lipinski definition) is 4. The number of hydrogen-bond donors (Lipinski definition) is 2. The Balaban J connectivity index is 1.98. The third kappa shape index (κ3) is 2.02. The van der Waals surface area contributed by atoms with Crippen LogP contribution in [0.25, 0.3) is 0 Å². The number of carbonyl (C=O) groups excluding carboxylic acids is 1. The summed E-state index contributed by atoms with van der Waals surface area (Å²) in [6, 6.07) is 0. The van der Waals surface area contributed by atoms with E-state index in [9.17, 15) is 4.79 Å². The predicted molar refractivity (Wildman–Crippen MR) is 65.9 cm³/mol. The van der Waals surface area contributed by atoms with Crippen molar-refractivity contribution in [1.29, 1.82) is 0 Å². The zero-order valence-electron chi connectivity index (χ0n) is 9.64. The van der Waals surface area contributed by atoms with E-state index in [2.05, 4.69) is 15.5 Å². The van der Waals surface area contributed by atoms with Gasteiger partial charge in [-0.2, -0.15) is 0 Å². The molecule has 0 spiro atoms. The zero-order valence-corrected chi connectivity index (χ0v) is 10.5. The highest BCUT2D eigenvalue weighted by molar-refractivity contribution is 7.80. The first-order valence-corrected chi connectivity index (χ1v) is 5.88. The average Bonchev–Trinajstić information content (AvgIpc) is 2.58. The van der Waals surface area contributed by atoms with Crippen molar-refractivity contribution >= 4 is 23.1 Å². The molecule has 6 nitrogen and oxygen atoms in total. The predicted octanol–water partition coefficient (Wildman–Crippen LogP) is -0.112. The van der Waals surface area contributed by atoms with Gasteiger partial charge in [-0.25, -0.2) is 0 Å². The van der Waals surface area contributed by atoms with Gasteiger partial charge in [-0.15, -0.1) is 10.2 Å². The molecule has 1 aromatic rings. The number of aryl methyl sites for hydroxylation is 1. The molecule has 1 aliphatic carbocycles. The maximum Gasteiger partial charge on any atom is 0.233 e. The molecular weight excluding hydrogens is 238 g/mol. The Morgan fingerprint density at radius 3 is 2.82 bits per heavy atom. The molecule has 0 aromatic carbocycles. The van der Waals surface area contributed by atoms with E-state index >= 15 is 0 Å². The number of amides is 1. The van der Waals surface area contributed by atoms with E-state index in [1.54, 1.807) is 10.9 Å². The van der Waals surface area contributed by atoms with Gasteiger partial charge in [-0.1, -0.05) is 18.6 Å². The largest absolute Gasteiger partial charge is 0.392 e. The third-order valence-electron chi connectivity index (χ3n) is 3.33. The summed E-state index contributed by atoms with van der Waals surface area (Å²) in [6.45, 7) is 0.347. The zero-order chi connectivity index (χ0) is 12.5. The van der Waals surface area contributed by atoms with Crippen LogP contribution in [-0.4, -0.2) is 25.7 Å². The molecule has 17 heavy (non-hydrogen) atoms. The van der Waals surface area contributed by atoms with Crippen LogP contribution in [0.4, 0.5) is 0 Å². The number of rotatable bonds is 4. The topological polar surface area (TPSA) is 85.8 Å². The highest BCUT2D eigenvalue weighted by Crippen LogP contribution is 2.41. The van der Waals surface area contributed by atoms with Crippen molar-refractivity contribution in [3.8, 4) is 0 Å². The molecule has 0 saturated heterocycles. The summed E-state index contributed by atoms with van der Waals surface area (Å²) in [5.74, 6) is 0.606. The van der Waals surface area contributed by atoms with Crippen LogP contribution in [0, 0.1) is 5.41 Å². The van der Waals surface area contributed by atoms with E-state index in [4.69, 9.17) is 18.0 Å². The lowest BCUT2D eigenvalue weighted by Crippen LogP contribution is -2.53. The molecule has 1 aromatic heterocycles. The van der Waals surface area contributed by atoms with Crippen molar-refractivity contribution in [2.45, 2.75) is 25.8 Å². The molecule has 1 aliphatic rings. The number of aromatic nitrogens is 3. The van der Waals surface area contributed by atoms with E-state index < -0.39 is 5.41 Å². The van der Waals surface area contributed by atoms with Crippen LogP contribution in [0.5, 0.6) is 0 Å². The summed E-state index contributed by atoms with van der Waals surface area (Å²) in [7, 11) is 1.83. The van der Waals surface area contributed by atoms with Crippen molar-refractivity contribution < 1.29 is 4.79 Å². The molecule has 0 aliphatic heterocycles. The lowest BCUT2D eigenvalue weighted by atomic mass is 9.68. The van der Waals surface area contributed by atoms with Crippen LogP contribution in [0.1, 0.15) is 25.1 Å². The summed E-state index contributed by atoms with van der Waals surface area (Å²) in [5.41, 5.74) is 5.02. The van der Waals surface area contributed by atoms with Gasteiger partial charge in [0.05, 0.1) is 16.9 Å². The number of thiocarbonyl (C=S) groups is 1. The van der Waals surface area contributed by atoms with Crippen molar-refractivity contribution in [1.82, 2.24) is 20.1 Å². The standard InChI is InChI=1S/C10H15N5OS/c1-15-6-13-14-7(15)5-12-9(16)10(8(11)17)3-2-4-10/h6H,2-5H2,1H3,(H2,11,17)(H,12,16). The third-order valence-corrected chi connectivity index (χ3v) is 3.72. The fourth-order valence-corrected chi connectivity index (χ4v) is 2.21. The Morgan fingerprint density at radius 1 is 1.71 bits per heavy atom. The highest BCUT2D eigenvalue weighted by Gasteiger charge is 2.46. The normalized spacial score (nSPS) is 17.2. The van der Waals surface area contributed by atoms with Crippen LogP contribution in [-0.2, 0) is 18.4 Å². The number of nitrogens with two attached hydrogens (primary N) is 1. The minimum Gasteiger partial charge on any atom is -0.392 e. The van der Waals surface area contributed by atoms with Crippen LogP contribution in [0.3, 0.4) is 0 Å². The smallest absolute Gasteiger partial charge is 0.233 e. The van der Waals surface area contributed by atoms with Gasteiger partial charge in [0.25, 0.3) is 0 Å². The fourth-order valence-electron chi connectivity index (χ4n) is 1.91. The Morgan fingerprint density at radius 2 is 2.41 bits per heavy atom. The maximum absolute atomic E-state index is 12.1. The second-order valence-corrected chi connectivity index (χ2v) is 4.78. The van der Waals surface area contributed by atoms with Gasteiger partial charge in [0.15, 0.2) is 5.82 Å². The number of carbonyl (C=O) groups is 1. The molecule has 2 rings (SSSR count). The first-order chi connectivity index (χ1) is 8.06. The molecule has 0 unspecified atom stereocenters. The van der Waals surface area contributed by atoms with Crippen LogP contribution >= 0.6 is 12.2 Å². The van der Waals surface area contributed by atoms with Gasteiger partial charge in [0.2, 0.25) is 5.91 Å². The maximum atomic E-state index is 12.1. The van der Waals surface area contributed by atoms with Gasteiger partial charge in [0, 0.05) is 7.05 Å². The van der Waals surface area contributed by atoms with Gasteiger partial charge in [-0.3, -0.25) is 4.79 Å². The van der Waals surface area contributed by atoms with Gasteiger partial charge >= 0.3 is 0 Å². The van der Waals surface area contributed by atoms with Crippen LogP contribution in [0.15, 0.2) is 6.33 Å². The molecule has 0 radical (unpaired) electrons. The Kier molecular flexibility index (Phi) is 3.10. The second kappa shape index (κ2) is 4.40. The summed E-state index contributed by atoms with van der Waals surface area (Å²) in [4.78, 5) is 12.4. The molecule has 0 atom stereocenters. The lowest BCUT2D eigenvalue weighted by Gasteiger charge is -2.38. The molecule has 92 valence electrons. The first kappa shape index (κ1) is 12.0. The molecule has 7 heteroatoms. The van der Waals surface area contributed by atoms with E-state index in [1.165, 1.54) is 0 Å². The molecule has 1 amide bonds. The summed E-state index contributed by atoms with van der Waals surface area (Å²) >= 11 is 4.98. The molecule has 3 N–H and O–H groups in total. The Bertz CT molecular complexity index is 451. The minimum atomic E-state index is -0.631. The van der Waals surface area contributed by atoms with Crippen molar-refractivity contribution in [2.24, 2.45) is 18.2 Å². The fraction of sp³-hybridized carbons (Fsp3) is 0.600. The molecule has 1 fully saturated rings. The molecule has 1 heterocycles. The average molecular weight is 253 g/mol. The van der Waals surface area contributed by atoms with E-state index in [0.29, 0.717) is 17.4 Å². The van der Waals surface area contributed by atoms with Crippen molar-refractivity contribution in [2.75, 3.05) is 0 Å². The Hall–Kier alpha value is -1.50. The lowest BCUT2D eigenvalue weighted by molar-refractivity contribution is -0.131. The highest BCUT2D eigenvalue weighted by atomic mass is 32.1. The van der Waals surface area contributed by atoms with Gasteiger partial charge in [0.1, 0.15) is 6.33 Å². The summed E-state index contributed by atoms with van der Waals surface area (Å²) < 4.78 is 1.76. The van der Waals surface area contributed by atoms with Gasteiger partial charge in [-0.05, 0) is 12.8 Å². The van der Waals surface area contributed by atoms with E-state index in [1.807, 2.05) is 7.05 Å². The summed E-state index contributed by atoms with van der Waals surface area (Å²) in [5, 5.41) is 10.5. The van der Waals surface area contributed by atoms with Crippen molar-refractivity contribution in [3.05, 3.63) is 12.2 Å². The van der Waals surface area contributed by atoms with Gasteiger partial charge < -0.3 is 15.6 Å². The van der Waals surface area contributed by atoms with E-state index in [0.717, 1.165) is 19.3 Å². The Labute approximate surface area is 105 Å². The first-order valence-electron chi connectivity index (χ1n) is 5.47. The molecular formula is C10H15N5OS. The van der Waals surface area contributed by atoms with E-state index in [-0.39, 0.29) is 5.91 Å². The number of nitrogens with zero attached hydrogens (tertiary/aromatic N) is 3. The molecule has 1 saturated carbocycles. The quantitative estimate of drug-likeness (QED) is 0.731. The molecule has 0 bridgehead atoms. The monoisotopic (exact) mass is 253 g/mol. The number of nitrogens with one attached hydrogen (secondary N) is 1. The summed E-state index contributed by atoms with van der Waals surface area (Å²) in [6.07, 6.45) is 4.07.